The molecular formula is C15H18N4O2. The fourth-order valence-corrected chi connectivity index (χ4v) is 1.78. The van der Waals surface area contributed by atoms with E-state index in [2.05, 4.69) is 15.7 Å². The number of carbonyl (C=O) groups excluding carboxylic acids is 1. The van der Waals surface area contributed by atoms with Crippen molar-refractivity contribution in [1.82, 2.24) is 10.3 Å². The van der Waals surface area contributed by atoms with Gasteiger partial charge in [-0.2, -0.15) is 0 Å². The summed E-state index contributed by atoms with van der Waals surface area (Å²) in [7, 11) is 0. The number of nitrogens with two attached hydrogens (primary N) is 1. The maximum Gasteiger partial charge on any atom is 0.255 e. The third-order valence-corrected chi connectivity index (χ3v) is 2.84. The Kier molecular flexibility index (Phi) is 5.54. The maximum absolute atomic E-state index is 12.0. The molecule has 110 valence electrons. The Labute approximate surface area is 123 Å². The predicted octanol–water partition coefficient (Wildman–Crippen LogP) is 1.57. The zero-order valence-electron chi connectivity index (χ0n) is 11.6. The molecule has 0 unspecified atom stereocenters. The number of nitrogens with one attached hydrogen (secondary N) is 2. The summed E-state index contributed by atoms with van der Waals surface area (Å²) in [5.41, 5.74) is 3.44. The zero-order valence-corrected chi connectivity index (χ0v) is 11.6. The van der Waals surface area contributed by atoms with Gasteiger partial charge in [-0.1, -0.05) is 18.2 Å². The molecule has 6 heteroatoms. The van der Waals surface area contributed by atoms with Crippen LogP contribution in [0.15, 0.2) is 48.8 Å². The summed E-state index contributed by atoms with van der Waals surface area (Å²) >= 11 is 0. The van der Waals surface area contributed by atoms with Crippen LogP contribution in [0, 0.1) is 0 Å². The van der Waals surface area contributed by atoms with E-state index in [-0.39, 0.29) is 5.91 Å². The molecule has 1 aromatic heterocycles. The Balaban J connectivity index is 1.72. The van der Waals surface area contributed by atoms with Crippen LogP contribution in [-0.2, 0) is 0 Å². The molecule has 0 atom stereocenters. The second-order valence-electron chi connectivity index (χ2n) is 4.34. The SMILES string of the molecule is NNc1ccncc1C(=O)NCCCOc1ccccc1. The van der Waals surface area contributed by atoms with Crippen molar-refractivity contribution in [3.63, 3.8) is 0 Å². The van der Waals surface area contributed by atoms with Crippen LogP contribution in [0.3, 0.4) is 0 Å². The molecule has 1 aromatic carbocycles. The first kappa shape index (κ1) is 14.8. The minimum Gasteiger partial charge on any atom is -0.494 e. The van der Waals surface area contributed by atoms with E-state index < -0.39 is 0 Å². The van der Waals surface area contributed by atoms with Crippen LogP contribution in [0.4, 0.5) is 5.69 Å². The van der Waals surface area contributed by atoms with Gasteiger partial charge in [0.25, 0.3) is 5.91 Å². The Morgan fingerprint density at radius 2 is 2.05 bits per heavy atom. The van der Waals surface area contributed by atoms with Crippen LogP contribution in [0.25, 0.3) is 0 Å². The normalized spacial score (nSPS) is 9.95. The molecule has 6 nitrogen and oxygen atoms in total. The number of rotatable bonds is 7. The van der Waals surface area contributed by atoms with Gasteiger partial charge in [0.05, 0.1) is 17.9 Å². The first-order valence-electron chi connectivity index (χ1n) is 6.68. The van der Waals surface area contributed by atoms with E-state index in [0.29, 0.717) is 30.8 Å². The highest BCUT2D eigenvalue weighted by Gasteiger charge is 2.09. The minimum absolute atomic E-state index is 0.212. The summed E-state index contributed by atoms with van der Waals surface area (Å²) in [6.07, 6.45) is 3.76. The standard InChI is InChI=1S/C15H18N4O2/c16-19-14-7-9-17-11-13(14)15(20)18-8-4-10-21-12-5-2-1-3-6-12/h1-3,5-7,9,11H,4,8,10,16H2,(H,17,19)(H,18,20). The molecule has 2 rings (SSSR count). The van der Waals surface area contributed by atoms with Crippen LogP contribution >= 0.6 is 0 Å². The molecular weight excluding hydrogens is 268 g/mol. The van der Waals surface area contributed by atoms with Gasteiger partial charge in [-0.3, -0.25) is 15.6 Å². The van der Waals surface area contributed by atoms with Gasteiger partial charge in [-0.25, -0.2) is 0 Å². The van der Waals surface area contributed by atoms with Crippen LogP contribution in [0.1, 0.15) is 16.8 Å². The summed E-state index contributed by atoms with van der Waals surface area (Å²) in [6, 6.07) is 11.2. The molecule has 0 aliphatic heterocycles. The zero-order chi connectivity index (χ0) is 14.9. The summed E-state index contributed by atoms with van der Waals surface area (Å²) in [5, 5.41) is 2.81. The number of ether oxygens (including phenoxy) is 1. The number of para-hydroxylation sites is 1. The number of nitrogens with zero attached hydrogens (tertiary/aromatic N) is 1. The Hall–Kier alpha value is -2.60. The van der Waals surface area contributed by atoms with E-state index in [1.165, 1.54) is 6.20 Å². The number of aromatic nitrogens is 1. The van der Waals surface area contributed by atoms with E-state index in [0.717, 1.165) is 5.75 Å². The van der Waals surface area contributed by atoms with Gasteiger partial charge >= 0.3 is 0 Å². The molecule has 21 heavy (non-hydrogen) atoms. The highest BCUT2D eigenvalue weighted by atomic mass is 16.5. The molecule has 1 amide bonds. The fourth-order valence-electron chi connectivity index (χ4n) is 1.78. The monoisotopic (exact) mass is 286 g/mol. The van der Waals surface area contributed by atoms with Crippen LogP contribution in [0.2, 0.25) is 0 Å². The first-order chi connectivity index (χ1) is 10.3. The molecule has 0 saturated heterocycles. The lowest BCUT2D eigenvalue weighted by Crippen LogP contribution is -2.27. The largest absolute Gasteiger partial charge is 0.494 e. The quantitative estimate of drug-likeness (QED) is 0.408. The lowest BCUT2D eigenvalue weighted by atomic mass is 10.2. The van der Waals surface area contributed by atoms with Gasteiger partial charge < -0.3 is 15.5 Å². The third-order valence-electron chi connectivity index (χ3n) is 2.84. The number of carbonyl (C=O) groups is 1. The highest BCUT2D eigenvalue weighted by Crippen LogP contribution is 2.11. The molecule has 4 N–H and O–H groups in total. The van der Waals surface area contributed by atoms with E-state index in [1.54, 1.807) is 12.3 Å². The molecule has 0 saturated carbocycles. The number of amides is 1. The predicted molar refractivity (Wildman–Crippen MR) is 80.9 cm³/mol. The average molecular weight is 286 g/mol. The smallest absolute Gasteiger partial charge is 0.255 e. The van der Waals surface area contributed by atoms with Crippen molar-refractivity contribution in [1.29, 1.82) is 0 Å². The Morgan fingerprint density at radius 1 is 1.24 bits per heavy atom. The topological polar surface area (TPSA) is 89.3 Å². The van der Waals surface area contributed by atoms with Gasteiger partial charge in [0.1, 0.15) is 5.75 Å². The van der Waals surface area contributed by atoms with Crippen molar-refractivity contribution >= 4 is 11.6 Å². The number of pyridine rings is 1. The number of hydrogen-bond donors (Lipinski definition) is 3. The van der Waals surface area contributed by atoms with Crippen LogP contribution < -0.4 is 21.3 Å². The summed E-state index contributed by atoms with van der Waals surface area (Å²) in [6.45, 7) is 1.06. The van der Waals surface area contributed by atoms with E-state index in [1.807, 2.05) is 30.3 Å². The lowest BCUT2D eigenvalue weighted by molar-refractivity contribution is 0.0952. The van der Waals surface area contributed by atoms with Crippen molar-refractivity contribution in [3.05, 3.63) is 54.4 Å². The third kappa shape index (κ3) is 4.47. The van der Waals surface area contributed by atoms with Gasteiger partial charge in [0.15, 0.2) is 0 Å². The Bertz CT molecular complexity index is 575. The molecule has 0 radical (unpaired) electrons. The van der Waals surface area contributed by atoms with E-state index >= 15 is 0 Å². The second-order valence-corrected chi connectivity index (χ2v) is 4.34. The number of benzene rings is 1. The first-order valence-corrected chi connectivity index (χ1v) is 6.68. The van der Waals surface area contributed by atoms with Gasteiger partial charge in [0, 0.05) is 18.9 Å². The number of hydrazine groups is 1. The maximum atomic E-state index is 12.0. The van der Waals surface area contributed by atoms with Crippen molar-refractivity contribution in [2.75, 3.05) is 18.6 Å². The van der Waals surface area contributed by atoms with Gasteiger partial charge in [0.2, 0.25) is 0 Å². The summed E-state index contributed by atoms with van der Waals surface area (Å²) in [5.74, 6) is 5.96. The van der Waals surface area contributed by atoms with Crippen molar-refractivity contribution in [2.45, 2.75) is 6.42 Å². The molecule has 0 spiro atoms. The van der Waals surface area contributed by atoms with Gasteiger partial charge in [-0.15, -0.1) is 0 Å². The van der Waals surface area contributed by atoms with Crippen molar-refractivity contribution < 1.29 is 9.53 Å². The summed E-state index contributed by atoms with van der Waals surface area (Å²) in [4.78, 5) is 15.9. The number of hydrogen-bond acceptors (Lipinski definition) is 5. The molecule has 0 bridgehead atoms. The molecule has 1 heterocycles. The fraction of sp³-hybridized carbons (Fsp3) is 0.200. The van der Waals surface area contributed by atoms with Gasteiger partial charge in [-0.05, 0) is 24.6 Å². The van der Waals surface area contributed by atoms with E-state index in [9.17, 15) is 4.79 Å². The van der Waals surface area contributed by atoms with E-state index in [4.69, 9.17) is 10.6 Å². The van der Waals surface area contributed by atoms with Crippen LogP contribution in [0.5, 0.6) is 5.75 Å². The van der Waals surface area contributed by atoms with Crippen LogP contribution in [-0.4, -0.2) is 24.0 Å². The average Bonchev–Trinajstić information content (AvgIpc) is 2.55. The van der Waals surface area contributed by atoms with Crippen molar-refractivity contribution in [3.8, 4) is 5.75 Å². The second kappa shape index (κ2) is 7.86. The molecule has 2 aromatic rings. The molecule has 0 fully saturated rings. The lowest BCUT2D eigenvalue weighted by Gasteiger charge is -2.09. The highest BCUT2D eigenvalue weighted by molar-refractivity contribution is 5.99. The molecule has 0 aliphatic rings. The summed E-state index contributed by atoms with van der Waals surface area (Å²) < 4.78 is 5.54. The Morgan fingerprint density at radius 3 is 2.81 bits per heavy atom. The molecule has 0 aliphatic carbocycles. The number of anilines is 1. The van der Waals surface area contributed by atoms with Crippen molar-refractivity contribution in [2.24, 2.45) is 5.84 Å². The number of nitrogen functional groups attached to an aromatic ring is 1. The minimum atomic E-state index is -0.212.